The summed E-state index contributed by atoms with van der Waals surface area (Å²) in [5, 5.41) is 7.58. The van der Waals surface area contributed by atoms with Crippen LogP contribution in [0.2, 0.25) is 5.02 Å². The predicted molar refractivity (Wildman–Crippen MR) is 109 cm³/mol. The average Bonchev–Trinajstić information content (AvgIpc) is 3.10. The maximum Gasteiger partial charge on any atom is 0.191 e. The highest BCUT2D eigenvalue weighted by Crippen LogP contribution is 2.25. The Hall–Kier alpha value is -2.27. The number of rotatable bonds is 5. The number of nitrogens with zero attached hydrogens (tertiary/aromatic N) is 3. The summed E-state index contributed by atoms with van der Waals surface area (Å²) < 4.78 is 0. The summed E-state index contributed by atoms with van der Waals surface area (Å²) in [5.74, 6) is 1.71. The number of aromatic nitrogens is 1. The van der Waals surface area contributed by atoms with Crippen LogP contribution in [0.3, 0.4) is 0 Å². The van der Waals surface area contributed by atoms with Crippen LogP contribution < -0.4 is 15.5 Å². The van der Waals surface area contributed by atoms with Crippen molar-refractivity contribution in [1.29, 1.82) is 0 Å². The third-order valence-electron chi connectivity index (χ3n) is 4.45. The van der Waals surface area contributed by atoms with Crippen LogP contribution in [0.4, 0.5) is 5.82 Å². The van der Waals surface area contributed by atoms with Gasteiger partial charge in [-0.25, -0.2) is 9.98 Å². The number of hydrogen-bond donors (Lipinski definition) is 2. The van der Waals surface area contributed by atoms with E-state index in [4.69, 9.17) is 16.6 Å². The van der Waals surface area contributed by atoms with E-state index in [9.17, 15) is 0 Å². The fourth-order valence-corrected chi connectivity index (χ4v) is 3.30. The first-order chi connectivity index (χ1) is 12.7. The molecule has 1 unspecified atom stereocenters. The molecule has 6 heteroatoms. The maximum atomic E-state index is 6.28. The van der Waals surface area contributed by atoms with Crippen molar-refractivity contribution in [3.8, 4) is 0 Å². The second kappa shape index (κ2) is 8.90. The van der Waals surface area contributed by atoms with Crippen LogP contribution in [-0.2, 0) is 6.54 Å². The van der Waals surface area contributed by atoms with Crippen molar-refractivity contribution < 1.29 is 0 Å². The molecule has 3 rings (SSSR count). The lowest BCUT2D eigenvalue weighted by atomic mass is 10.1. The lowest BCUT2D eigenvalue weighted by molar-refractivity contribution is 0.649. The van der Waals surface area contributed by atoms with Gasteiger partial charge in [0.05, 0.1) is 11.6 Å². The number of pyridine rings is 1. The largest absolute Gasteiger partial charge is 0.357 e. The zero-order chi connectivity index (χ0) is 18.4. The monoisotopic (exact) mass is 371 g/mol. The van der Waals surface area contributed by atoms with E-state index in [1.807, 2.05) is 12.1 Å². The Morgan fingerprint density at radius 2 is 2.12 bits per heavy atom. The van der Waals surface area contributed by atoms with E-state index >= 15 is 0 Å². The maximum absolute atomic E-state index is 6.28. The van der Waals surface area contributed by atoms with Gasteiger partial charge >= 0.3 is 0 Å². The van der Waals surface area contributed by atoms with Gasteiger partial charge in [-0.05, 0) is 38.0 Å². The molecule has 0 aliphatic carbocycles. The van der Waals surface area contributed by atoms with Gasteiger partial charge < -0.3 is 15.5 Å². The first-order valence-corrected chi connectivity index (χ1v) is 9.49. The molecule has 1 aromatic carbocycles. The molecule has 1 aromatic heterocycles. The normalized spacial score (nSPS) is 17.4. The smallest absolute Gasteiger partial charge is 0.191 e. The number of nitrogens with one attached hydrogen (secondary N) is 2. The fraction of sp³-hybridized carbons (Fsp3) is 0.400. The lowest BCUT2D eigenvalue weighted by Gasteiger charge is -2.20. The summed E-state index contributed by atoms with van der Waals surface area (Å²) in [6.45, 7) is 7.48. The fourth-order valence-electron chi connectivity index (χ4n) is 3.06. The Morgan fingerprint density at radius 1 is 1.31 bits per heavy atom. The van der Waals surface area contributed by atoms with Crippen LogP contribution in [-0.4, -0.2) is 36.6 Å². The van der Waals surface area contributed by atoms with Crippen molar-refractivity contribution in [1.82, 2.24) is 15.6 Å². The van der Waals surface area contributed by atoms with E-state index in [2.05, 4.69) is 58.6 Å². The van der Waals surface area contributed by atoms with Gasteiger partial charge in [0.2, 0.25) is 0 Å². The molecule has 1 atom stereocenters. The topological polar surface area (TPSA) is 52.6 Å². The van der Waals surface area contributed by atoms with Crippen LogP contribution >= 0.6 is 11.6 Å². The SMILES string of the molecule is CCNC(=NCc1ccc(C)cc1)NC1CCN(c2ncccc2Cl)C1. The van der Waals surface area contributed by atoms with Gasteiger partial charge in [0.25, 0.3) is 0 Å². The quantitative estimate of drug-likeness (QED) is 0.625. The summed E-state index contributed by atoms with van der Waals surface area (Å²) in [7, 11) is 0. The van der Waals surface area contributed by atoms with E-state index in [1.165, 1.54) is 11.1 Å². The zero-order valence-corrected chi connectivity index (χ0v) is 16.1. The Kier molecular flexibility index (Phi) is 6.34. The number of benzene rings is 1. The lowest BCUT2D eigenvalue weighted by Crippen LogP contribution is -2.44. The van der Waals surface area contributed by atoms with E-state index in [1.54, 1.807) is 6.20 Å². The number of aliphatic imine (C=N–C) groups is 1. The predicted octanol–water partition coefficient (Wildman–Crippen LogP) is 3.38. The summed E-state index contributed by atoms with van der Waals surface area (Å²) in [6, 6.07) is 12.6. The third kappa shape index (κ3) is 4.88. The molecule has 1 saturated heterocycles. The molecular formula is C20H26ClN5. The van der Waals surface area contributed by atoms with Crippen molar-refractivity contribution in [3.63, 3.8) is 0 Å². The van der Waals surface area contributed by atoms with Crippen molar-refractivity contribution in [2.45, 2.75) is 32.9 Å². The summed E-state index contributed by atoms with van der Waals surface area (Å²) in [5.41, 5.74) is 2.48. The third-order valence-corrected chi connectivity index (χ3v) is 4.75. The molecule has 26 heavy (non-hydrogen) atoms. The van der Waals surface area contributed by atoms with Crippen LogP contribution in [0.1, 0.15) is 24.5 Å². The highest BCUT2D eigenvalue weighted by atomic mass is 35.5. The molecule has 0 amide bonds. The molecule has 0 radical (unpaired) electrons. The standard InChI is InChI=1S/C20H26ClN5/c1-3-22-20(24-13-16-8-6-15(2)7-9-16)25-17-10-12-26(14-17)19-18(21)5-4-11-23-19/h4-9,11,17H,3,10,12-14H2,1-2H3,(H2,22,24,25). The van der Waals surface area contributed by atoms with Gasteiger partial charge in [-0.2, -0.15) is 0 Å². The molecule has 0 saturated carbocycles. The van der Waals surface area contributed by atoms with Crippen LogP contribution in [0.25, 0.3) is 0 Å². The number of hydrogen-bond acceptors (Lipinski definition) is 3. The van der Waals surface area contributed by atoms with Gasteiger partial charge in [-0.15, -0.1) is 0 Å². The summed E-state index contributed by atoms with van der Waals surface area (Å²) in [4.78, 5) is 11.4. The van der Waals surface area contributed by atoms with Crippen molar-refractivity contribution in [2.75, 3.05) is 24.5 Å². The van der Waals surface area contributed by atoms with E-state index < -0.39 is 0 Å². The van der Waals surface area contributed by atoms with Crippen molar-refractivity contribution in [3.05, 3.63) is 58.7 Å². The highest BCUT2D eigenvalue weighted by molar-refractivity contribution is 6.32. The van der Waals surface area contributed by atoms with E-state index in [0.29, 0.717) is 17.6 Å². The van der Waals surface area contributed by atoms with Crippen LogP contribution in [0, 0.1) is 6.92 Å². The molecule has 2 heterocycles. The molecule has 1 aliphatic heterocycles. The molecule has 138 valence electrons. The molecule has 0 bridgehead atoms. The number of guanidine groups is 1. The summed E-state index contributed by atoms with van der Waals surface area (Å²) in [6.07, 6.45) is 2.82. The Balaban J connectivity index is 1.60. The number of halogens is 1. The Morgan fingerprint density at radius 3 is 2.85 bits per heavy atom. The van der Waals surface area contributed by atoms with Crippen molar-refractivity contribution >= 4 is 23.4 Å². The van der Waals surface area contributed by atoms with Gasteiger partial charge in [-0.3, -0.25) is 0 Å². The first kappa shape index (κ1) is 18.5. The van der Waals surface area contributed by atoms with Crippen molar-refractivity contribution in [2.24, 2.45) is 4.99 Å². The van der Waals surface area contributed by atoms with Crippen LogP contribution in [0.5, 0.6) is 0 Å². The molecule has 0 spiro atoms. The molecule has 5 nitrogen and oxygen atoms in total. The molecule has 1 fully saturated rings. The minimum Gasteiger partial charge on any atom is -0.357 e. The van der Waals surface area contributed by atoms with E-state index in [0.717, 1.165) is 37.8 Å². The summed E-state index contributed by atoms with van der Waals surface area (Å²) >= 11 is 6.28. The molecule has 2 N–H and O–H groups in total. The van der Waals surface area contributed by atoms with Gasteiger partial charge in [0, 0.05) is 31.9 Å². The minimum absolute atomic E-state index is 0.323. The number of aryl methyl sites for hydroxylation is 1. The molecule has 2 aromatic rings. The second-order valence-corrected chi connectivity index (χ2v) is 6.97. The molecular weight excluding hydrogens is 346 g/mol. The van der Waals surface area contributed by atoms with Gasteiger partial charge in [0.1, 0.15) is 5.82 Å². The first-order valence-electron chi connectivity index (χ1n) is 9.11. The Bertz CT molecular complexity index is 744. The van der Waals surface area contributed by atoms with Crippen LogP contribution in [0.15, 0.2) is 47.6 Å². The minimum atomic E-state index is 0.323. The van der Waals surface area contributed by atoms with Gasteiger partial charge in [-0.1, -0.05) is 41.4 Å². The molecule has 1 aliphatic rings. The van der Waals surface area contributed by atoms with Gasteiger partial charge in [0.15, 0.2) is 5.96 Å². The Labute approximate surface area is 160 Å². The van der Waals surface area contributed by atoms with E-state index in [-0.39, 0.29) is 0 Å². The average molecular weight is 372 g/mol. The second-order valence-electron chi connectivity index (χ2n) is 6.57. The number of anilines is 1. The highest BCUT2D eigenvalue weighted by Gasteiger charge is 2.25. The zero-order valence-electron chi connectivity index (χ0n) is 15.4.